The largest absolute Gasteiger partial charge is 0.451 e. The molecule has 142 valence electrons. The number of esters is 1. The number of carbonyl (C=O) groups excluding carboxylic acids is 3. The summed E-state index contributed by atoms with van der Waals surface area (Å²) < 4.78 is 31.2. The van der Waals surface area contributed by atoms with Crippen LogP contribution in [-0.4, -0.2) is 30.4 Å². The Bertz CT molecular complexity index is 828. The molecule has 1 unspecified atom stereocenters. The van der Waals surface area contributed by atoms with Crippen LogP contribution in [0, 0.1) is 11.6 Å². The molecular formula is C19H18F2N2O4. The Balaban J connectivity index is 1.77. The average molecular weight is 376 g/mol. The number of amides is 2. The minimum absolute atomic E-state index is 0.105. The zero-order chi connectivity index (χ0) is 19.8. The summed E-state index contributed by atoms with van der Waals surface area (Å²) in [6.07, 6.45) is -1.12. The van der Waals surface area contributed by atoms with E-state index in [4.69, 9.17) is 4.74 Å². The molecule has 0 spiro atoms. The van der Waals surface area contributed by atoms with Gasteiger partial charge in [0.2, 0.25) is 5.91 Å². The fourth-order valence-electron chi connectivity index (χ4n) is 2.13. The van der Waals surface area contributed by atoms with Crippen molar-refractivity contribution in [1.29, 1.82) is 0 Å². The van der Waals surface area contributed by atoms with Crippen LogP contribution in [0.1, 0.15) is 12.5 Å². The summed E-state index contributed by atoms with van der Waals surface area (Å²) in [6.45, 7) is 0.884. The quantitative estimate of drug-likeness (QED) is 0.726. The van der Waals surface area contributed by atoms with Crippen LogP contribution >= 0.6 is 0 Å². The molecule has 0 aliphatic heterocycles. The minimum atomic E-state index is -1.23. The van der Waals surface area contributed by atoms with Crippen LogP contribution in [0.2, 0.25) is 0 Å². The van der Waals surface area contributed by atoms with E-state index in [0.717, 1.165) is 17.7 Å². The maximum absolute atomic E-state index is 13.5. The number of nitrogens with one attached hydrogen (secondary N) is 2. The van der Waals surface area contributed by atoms with Crippen molar-refractivity contribution in [1.82, 2.24) is 5.32 Å². The molecule has 0 saturated carbocycles. The van der Waals surface area contributed by atoms with Crippen molar-refractivity contribution in [2.75, 3.05) is 11.9 Å². The van der Waals surface area contributed by atoms with Crippen molar-refractivity contribution >= 4 is 23.5 Å². The Morgan fingerprint density at radius 2 is 1.78 bits per heavy atom. The van der Waals surface area contributed by atoms with Crippen molar-refractivity contribution in [2.45, 2.75) is 19.4 Å². The highest BCUT2D eigenvalue weighted by Crippen LogP contribution is 2.15. The fourth-order valence-corrected chi connectivity index (χ4v) is 2.13. The lowest BCUT2D eigenvalue weighted by Gasteiger charge is -2.14. The molecule has 2 N–H and O–H groups in total. The molecular weight excluding hydrogens is 358 g/mol. The summed E-state index contributed by atoms with van der Waals surface area (Å²) in [5.74, 6) is -3.71. The number of halogens is 2. The molecule has 0 bridgehead atoms. The number of hydrogen-bond acceptors (Lipinski definition) is 4. The molecule has 0 fully saturated rings. The maximum Gasteiger partial charge on any atom is 0.326 e. The second-order valence-electron chi connectivity index (χ2n) is 5.68. The zero-order valence-corrected chi connectivity index (χ0v) is 14.5. The van der Waals surface area contributed by atoms with E-state index in [1.54, 1.807) is 24.3 Å². The Morgan fingerprint density at radius 1 is 1.07 bits per heavy atom. The SMILES string of the molecule is CC(OC(=O)CNC(=O)Cc1ccccc1)C(=O)Nc1ccc(F)cc1F. The minimum Gasteiger partial charge on any atom is -0.451 e. The van der Waals surface area contributed by atoms with E-state index in [2.05, 4.69) is 10.6 Å². The lowest BCUT2D eigenvalue weighted by atomic mass is 10.1. The molecule has 6 nitrogen and oxygen atoms in total. The molecule has 2 amide bonds. The van der Waals surface area contributed by atoms with Gasteiger partial charge in [0, 0.05) is 6.07 Å². The van der Waals surface area contributed by atoms with Crippen molar-refractivity contribution in [3.05, 3.63) is 65.7 Å². The van der Waals surface area contributed by atoms with Gasteiger partial charge >= 0.3 is 5.97 Å². The van der Waals surface area contributed by atoms with Crippen LogP contribution in [0.3, 0.4) is 0 Å². The molecule has 0 aromatic heterocycles. The van der Waals surface area contributed by atoms with E-state index in [0.29, 0.717) is 6.07 Å². The molecule has 8 heteroatoms. The molecule has 0 radical (unpaired) electrons. The summed E-state index contributed by atoms with van der Waals surface area (Å²) in [5.41, 5.74) is 0.554. The molecule has 2 aromatic carbocycles. The van der Waals surface area contributed by atoms with Gasteiger partial charge in [-0.25, -0.2) is 8.78 Å². The summed E-state index contributed by atoms with van der Waals surface area (Å²) in [6, 6.07) is 11.6. The van der Waals surface area contributed by atoms with E-state index >= 15 is 0 Å². The van der Waals surface area contributed by atoms with Crippen LogP contribution in [-0.2, 0) is 25.5 Å². The lowest BCUT2D eigenvalue weighted by molar-refractivity contribution is -0.152. The van der Waals surface area contributed by atoms with E-state index in [-0.39, 0.29) is 18.0 Å². The van der Waals surface area contributed by atoms with Crippen LogP contribution in [0.5, 0.6) is 0 Å². The Labute approximate surface area is 154 Å². The molecule has 1 atom stereocenters. The number of rotatable bonds is 7. The standard InChI is InChI=1S/C19H18F2N2O4/c1-12(19(26)23-16-8-7-14(20)10-15(16)21)27-18(25)11-22-17(24)9-13-5-3-2-4-6-13/h2-8,10,12H,9,11H2,1H3,(H,22,24)(H,23,26). The number of benzene rings is 2. The summed E-state index contributed by atoms with van der Waals surface area (Å²) in [5, 5.41) is 4.59. The van der Waals surface area contributed by atoms with Crippen molar-refractivity contribution in [3.8, 4) is 0 Å². The number of anilines is 1. The Kier molecular flexibility index (Phi) is 6.99. The molecule has 0 heterocycles. The van der Waals surface area contributed by atoms with Gasteiger partial charge in [-0.3, -0.25) is 14.4 Å². The number of ether oxygens (including phenoxy) is 1. The molecule has 0 aliphatic rings. The van der Waals surface area contributed by atoms with Crippen LogP contribution in [0.25, 0.3) is 0 Å². The average Bonchev–Trinajstić information content (AvgIpc) is 2.63. The van der Waals surface area contributed by atoms with Gasteiger partial charge in [-0.2, -0.15) is 0 Å². The highest BCUT2D eigenvalue weighted by Gasteiger charge is 2.19. The smallest absolute Gasteiger partial charge is 0.326 e. The first kappa shape index (κ1) is 20.0. The van der Waals surface area contributed by atoms with Crippen LogP contribution < -0.4 is 10.6 Å². The normalized spacial score (nSPS) is 11.4. The van der Waals surface area contributed by atoms with E-state index in [1.165, 1.54) is 6.92 Å². The highest BCUT2D eigenvalue weighted by atomic mass is 19.1. The van der Waals surface area contributed by atoms with Gasteiger partial charge in [-0.05, 0) is 24.6 Å². The molecule has 2 aromatic rings. The van der Waals surface area contributed by atoms with Crippen LogP contribution in [0.4, 0.5) is 14.5 Å². The second-order valence-corrected chi connectivity index (χ2v) is 5.68. The lowest BCUT2D eigenvalue weighted by Crippen LogP contribution is -2.36. The highest BCUT2D eigenvalue weighted by molar-refractivity contribution is 5.95. The Hall–Kier alpha value is -3.29. The summed E-state index contributed by atoms with van der Waals surface area (Å²) >= 11 is 0. The van der Waals surface area contributed by atoms with Gasteiger partial charge in [-0.15, -0.1) is 0 Å². The number of carbonyl (C=O) groups is 3. The first-order chi connectivity index (χ1) is 12.8. The third-order valence-electron chi connectivity index (χ3n) is 3.50. The first-order valence-corrected chi connectivity index (χ1v) is 8.11. The van der Waals surface area contributed by atoms with Gasteiger partial charge in [0.05, 0.1) is 12.1 Å². The van der Waals surface area contributed by atoms with Gasteiger partial charge in [0.1, 0.15) is 18.2 Å². The van der Waals surface area contributed by atoms with Gasteiger partial charge in [0.25, 0.3) is 5.91 Å². The first-order valence-electron chi connectivity index (χ1n) is 8.11. The van der Waals surface area contributed by atoms with E-state index in [1.807, 2.05) is 6.07 Å². The summed E-state index contributed by atoms with van der Waals surface area (Å²) in [7, 11) is 0. The van der Waals surface area contributed by atoms with Gasteiger partial charge in [-0.1, -0.05) is 30.3 Å². The third-order valence-corrected chi connectivity index (χ3v) is 3.50. The van der Waals surface area contributed by atoms with Gasteiger partial charge < -0.3 is 15.4 Å². The van der Waals surface area contributed by atoms with E-state index in [9.17, 15) is 23.2 Å². The maximum atomic E-state index is 13.5. The predicted molar refractivity (Wildman–Crippen MR) is 93.7 cm³/mol. The summed E-state index contributed by atoms with van der Waals surface area (Å²) in [4.78, 5) is 35.4. The second kappa shape index (κ2) is 9.42. The number of hydrogen-bond donors (Lipinski definition) is 2. The van der Waals surface area contributed by atoms with E-state index < -0.39 is 36.2 Å². The molecule has 2 rings (SSSR count). The van der Waals surface area contributed by atoms with Crippen molar-refractivity contribution in [3.63, 3.8) is 0 Å². The molecule has 27 heavy (non-hydrogen) atoms. The van der Waals surface area contributed by atoms with Gasteiger partial charge in [0.15, 0.2) is 6.10 Å². The van der Waals surface area contributed by atoms with Crippen molar-refractivity contribution < 1.29 is 27.9 Å². The topological polar surface area (TPSA) is 84.5 Å². The fraction of sp³-hybridized carbons (Fsp3) is 0.211. The van der Waals surface area contributed by atoms with Crippen molar-refractivity contribution in [2.24, 2.45) is 0 Å². The molecule has 0 saturated heterocycles. The Morgan fingerprint density at radius 3 is 2.44 bits per heavy atom. The third kappa shape index (κ3) is 6.50. The monoisotopic (exact) mass is 376 g/mol. The zero-order valence-electron chi connectivity index (χ0n) is 14.5. The van der Waals surface area contributed by atoms with Crippen LogP contribution in [0.15, 0.2) is 48.5 Å². The predicted octanol–water partition coefficient (Wildman–Crippen LogP) is 2.19. The molecule has 0 aliphatic carbocycles.